The van der Waals surface area contributed by atoms with Gasteiger partial charge < -0.3 is 9.07 Å². The summed E-state index contributed by atoms with van der Waals surface area (Å²) in [6.45, 7) is 0. The van der Waals surface area contributed by atoms with Crippen LogP contribution in [0.3, 0.4) is 0 Å². The summed E-state index contributed by atoms with van der Waals surface area (Å²) in [6, 6.07) is 8.52. The van der Waals surface area contributed by atoms with E-state index in [9.17, 15) is 0 Å². The van der Waals surface area contributed by atoms with Gasteiger partial charge in [0.05, 0.1) is 0 Å². The summed E-state index contributed by atoms with van der Waals surface area (Å²) in [7, 11) is 5.84. The monoisotopic (exact) mass is 206 g/mol. The SMILES string of the molecule is [Cl][Mg][CH2]c1csc2ccccc12. The molecule has 0 nitrogen and oxygen atoms in total. The third kappa shape index (κ3) is 1.62. The molecule has 58 valence electrons. The standard InChI is InChI=1S/C9H7S.ClH.Mg/c1-7-6-10-9-5-3-2-4-8(7)9;;/h2-6H,1H2;1H;/q;;+1/p-1. The second-order valence-corrected chi connectivity index (χ2v) is 5.62. The Morgan fingerprint density at radius 2 is 2.17 bits per heavy atom. The van der Waals surface area contributed by atoms with E-state index in [1.165, 1.54) is 15.6 Å². The van der Waals surface area contributed by atoms with Crippen LogP contribution in [-0.2, 0) is 4.55 Å². The highest BCUT2D eigenvalue weighted by Gasteiger charge is 2.02. The maximum absolute atomic E-state index is 5.84. The largest absolute Gasteiger partial charge is 0.505 e. The Morgan fingerprint density at radius 3 is 3.00 bits per heavy atom. The quantitative estimate of drug-likeness (QED) is 0.663. The first-order chi connectivity index (χ1) is 5.92. The number of hydrogen-bond donors (Lipinski definition) is 0. The van der Waals surface area contributed by atoms with Crippen molar-refractivity contribution in [2.75, 3.05) is 0 Å². The van der Waals surface area contributed by atoms with Gasteiger partial charge in [-0.2, -0.15) is 0 Å². The van der Waals surface area contributed by atoms with Crippen LogP contribution in [0, 0.1) is 0 Å². The van der Waals surface area contributed by atoms with Crippen LogP contribution in [-0.4, -0.2) is 19.3 Å². The van der Waals surface area contributed by atoms with Gasteiger partial charge >= 0.3 is 19.3 Å². The molecule has 0 bridgehead atoms. The molecule has 0 atom stereocenters. The van der Waals surface area contributed by atoms with Crippen molar-refractivity contribution in [2.24, 2.45) is 0 Å². The molecule has 12 heavy (non-hydrogen) atoms. The number of rotatable bonds is 2. The summed E-state index contributed by atoms with van der Waals surface area (Å²) in [5.74, 6) is 0. The van der Waals surface area contributed by atoms with Crippen molar-refractivity contribution < 1.29 is 0 Å². The molecule has 0 N–H and O–H groups in total. The van der Waals surface area contributed by atoms with Crippen LogP contribution in [0.2, 0.25) is 0 Å². The Balaban J connectivity index is 2.55. The minimum atomic E-state index is -0.364. The molecule has 0 saturated heterocycles. The molecule has 1 aromatic heterocycles. The molecule has 0 unspecified atom stereocenters. The second-order valence-electron chi connectivity index (χ2n) is 2.70. The topological polar surface area (TPSA) is 0 Å². The lowest BCUT2D eigenvalue weighted by molar-refractivity contribution is 1.49. The Kier molecular flexibility index (Phi) is 2.91. The number of halogens is 1. The Morgan fingerprint density at radius 1 is 1.33 bits per heavy atom. The van der Waals surface area contributed by atoms with Crippen LogP contribution in [0.4, 0.5) is 0 Å². The maximum Gasteiger partial charge on any atom is 0.505 e. The lowest BCUT2D eigenvalue weighted by atomic mass is 10.2. The first-order valence-electron chi connectivity index (χ1n) is 3.93. The Bertz CT molecular complexity index is 383. The zero-order chi connectivity index (χ0) is 8.39. The Labute approximate surface area is 89.0 Å². The summed E-state index contributed by atoms with van der Waals surface area (Å²) in [5, 5.41) is 3.63. The highest BCUT2D eigenvalue weighted by Crippen LogP contribution is 2.25. The van der Waals surface area contributed by atoms with Crippen LogP contribution in [0.5, 0.6) is 0 Å². The van der Waals surface area contributed by atoms with E-state index < -0.39 is 0 Å². The van der Waals surface area contributed by atoms with Crippen LogP contribution < -0.4 is 0 Å². The van der Waals surface area contributed by atoms with Crippen molar-refractivity contribution >= 4 is 49.8 Å². The van der Waals surface area contributed by atoms with Crippen LogP contribution >= 0.6 is 20.4 Å². The molecule has 2 rings (SSSR count). The predicted octanol–water partition coefficient (Wildman–Crippen LogP) is 3.26. The summed E-state index contributed by atoms with van der Waals surface area (Å²) >= 11 is 1.45. The predicted molar refractivity (Wildman–Crippen MR) is 57.1 cm³/mol. The van der Waals surface area contributed by atoms with Gasteiger partial charge in [-0.05, 0) is 16.8 Å². The van der Waals surface area contributed by atoms with E-state index >= 15 is 0 Å². The average molecular weight is 207 g/mol. The van der Waals surface area contributed by atoms with Gasteiger partial charge in [0.15, 0.2) is 0 Å². The van der Waals surface area contributed by atoms with E-state index in [1.54, 1.807) is 0 Å². The molecule has 0 radical (unpaired) electrons. The third-order valence-corrected chi connectivity index (χ3v) is 4.23. The molecule has 1 aromatic carbocycles. The lowest BCUT2D eigenvalue weighted by Gasteiger charge is -1.92. The number of hydrogen-bond acceptors (Lipinski definition) is 1. The van der Waals surface area contributed by atoms with Gasteiger partial charge in [-0.25, -0.2) is 0 Å². The van der Waals surface area contributed by atoms with Gasteiger partial charge in [0.2, 0.25) is 0 Å². The summed E-state index contributed by atoms with van der Waals surface area (Å²) in [5.41, 5.74) is 1.44. The molecule has 0 aliphatic carbocycles. The van der Waals surface area contributed by atoms with E-state index in [2.05, 4.69) is 29.6 Å². The first-order valence-corrected chi connectivity index (χ1v) is 7.94. The van der Waals surface area contributed by atoms with Crippen molar-refractivity contribution in [3.05, 3.63) is 35.2 Å². The van der Waals surface area contributed by atoms with Crippen LogP contribution in [0.1, 0.15) is 5.56 Å². The third-order valence-electron chi connectivity index (χ3n) is 1.92. The molecular weight excluding hydrogens is 200 g/mol. The zero-order valence-electron chi connectivity index (χ0n) is 6.59. The fourth-order valence-electron chi connectivity index (χ4n) is 1.33. The van der Waals surface area contributed by atoms with Crippen LogP contribution in [0.25, 0.3) is 10.1 Å². The van der Waals surface area contributed by atoms with Crippen molar-refractivity contribution in [2.45, 2.75) is 4.55 Å². The van der Waals surface area contributed by atoms with Crippen LogP contribution in [0.15, 0.2) is 29.6 Å². The Hall–Kier alpha value is 0.236. The number of thiophene rings is 1. The van der Waals surface area contributed by atoms with Crippen molar-refractivity contribution in [3.63, 3.8) is 0 Å². The molecule has 0 aliphatic heterocycles. The maximum atomic E-state index is 5.84. The summed E-state index contributed by atoms with van der Waals surface area (Å²) in [6.07, 6.45) is 0. The van der Waals surface area contributed by atoms with Gasteiger partial charge in [0.25, 0.3) is 0 Å². The van der Waals surface area contributed by atoms with E-state index in [-0.39, 0.29) is 19.3 Å². The van der Waals surface area contributed by atoms with Gasteiger partial charge in [0.1, 0.15) is 0 Å². The van der Waals surface area contributed by atoms with E-state index in [0.29, 0.717) is 0 Å². The molecule has 0 amide bonds. The molecular formula is C9H7ClMgS. The fourth-order valence-corrected chi connectivity index (χ4v) is 3.76. The van der Waals surface area contributed by atoms with Crippen molar-refractivity contribution in [1.29, 1.82) is 0 Å². The lowest BCUT2D eigenvalue weighted by Crippen LogP contribution is -1.85. The first kappa shape index (κ1) is 8.82. The average Bonchev–Trinajstić information content (AvgIpc) is 2.50. The van der Waals surface area contributed by atoms with Crippen molar-refractivity contribution in [1.82, 2.24) is 0 Å². The van der Waals surface area contributed by atoms with Gasteiger partial charge in [-0.1, -0.05) is 28.3 Å². The van der Waals surface area contributed by atoms with Gasteiger partial charge in [0, 0.05) is 4.70 Å². The minimum Gasteiger partial charge on any atom is -0.345 e. The highest BCUT2D eigenvalue weighted by atomic mass is 35.5. The molecule has 3 heteroatoms. The van der Waals surface area contributed by atoms with Crippen molar-refractivity contribution in [3.8, 4) is 0 Å². The molecule has 0 aliphatic rings. The molecule has 2 aromatic rings. The summed E-state index contributed by atoms with van der Waals surface area (Å²) < 4.78 is 2.50. The zero-order valence-corrected chi connectivity index (χ0v) is 9.57. The van der Waals surface area contributed by atoms with E-state index in [0.717, 1.165) is 4.55 Å². The molecule has 0 fully saturated rings. The molecule has 0 saturated carbocycles. The number of benzene rings is 1. The van der Waals surface area contributed by atoms with E-state index in [4.69, 9.17) is 9.07 Å². The number of fused-ring (bicyclic) bond motifs is 1. The minimum absolute atomic E-state index is 0.364. The van der Waals surface area contributed by atoms with E-state index in [1.807, 2.05) is 11.3 Å². The van der Waals surface area contributed by atoms with Gasteiger partial charge in [-0.3, -0.25) is 0 Å². The highest BCUT2D eigenvalue weighted by molar-refractivity contribution is 7.17. The van der Waals surface area contributed by atoms with Gasteiger partial charge in [-0.15, -0.1) is 11.3 Å². The molecule has 0 spiro atoms. The molecule has 1 heterocycles. The normalized spacial score (nSPS) is 10.1. The smallest absolute Gasteiger partial charge is 0.345 e. The summed E-state index contributed by atoms with van der Waals surface area (Å²) in [4.78, 5) is 0. The fraction of sp³-hybridized carbons (Fsp3) is 0.111. The second kappa shape index (κ2) is 3.96.